The molecular formula is C17H25N5O. The third-order valence-electron chi connectivity index (χ3n) is 5.02. The number of likely N-dealkylation sites (tertiary alicyclic amines) is 1. The lowest BCUT2D eigenvalue weighted by Crippen LogP contribution is -2.50. The van der Waals surface area contributed by atoms with Gasteiger partial charge in [0, 0.05) is 57.4 Å². The maximum Gasteiger partial charge on any atom is 0.233 e. The van der Waals surface area contributed by atoms with E-state index in [1.807, 2.05) is 16.7 Å². The van der Waals surface area contributed by atoms with Gasteiger partial charge in [0.25, 0.3) is 0 Å². The fourth-order valence-corrected chi connectivity index (χ4v) is 3.80. The van der Waals surface area contributed by atoms with Crippen LogP contribution in [0.25, 0.3) is 5.78 Å². The summed E-state index contributed by atoms with van der Waals surface area (Å²) in [6.45, 7) is 8.47. The van der Waals surface area contributed by atoms with Crippen LogP contribution in [0.15, 0.2) is 24.7 Å². The van der Waals surface area contributed by atoms with Gasteiger partial charge < -0.3 is 4.74 Å². The second-order valence-corrected chi connectivity index (χ2v) is 6.74. The van der Waals surface area contributed by atoms with Gasteiger partial charge in [0.05, 0.1) is 18.4 Å². The van der Waals surface area contributed by atoms with Crippen molar-refractivity contribution in [3.63, 3.8) is 0 Å². The second kappa shape index (κ2) is 6.55. The van der Waals surface area contributed by atoms with Crippen molar-refractivity contribution in [1.29, 1.82) is 0 Å². The lowest BCUT2D eigenvalue weighted by atomic mass is 10.0. The Hall–Kier alpha value is -1.50. The predicted octanol–water partition coefficient (Wildman–Crippen LogP) is 1.41. The summed E-state index contributed by atoms with van der Waals surface area (Å²) in [6.07, 6.45) is 8.77. The van der Waals surface area contributed by atoms with Crippen LogP contribution in [-0.2, 0) is 11.3 Å². The second-order valence-electron chi connectivity index (χ2n) is 6.74. The Labute approximate surface area is 137 Å². The number of aromatic nitrogens is 3. The monoisotopic (exact) mass is 315 g/mol. The average molecular weight is 315 g/mol. The van der Waals surface area contributed by atoms with Crippen molar-refractivity contribution >= 4 is 5.78 Å². The fourth-order valence-electron chi connectivity index (χ4n) is 3.80. The predicted molar refractivity (Wildman–Crippen MR) is 88.3 cm³/mol. The van der Waals surface area contributed by atoms with Crippen LogP contribution in [0, 0.1) is 0 Å². The third-order valence-corrected chi connectivity index (χ3v) is 5.02. The lowest BCUT2D eigenvalue weighted by molar-refractivity contribution is -0.0438. The highest BCUT2D eigenvalue weighted by Gasteiger charge is 2.28. The molecule has 2 fully saturated rings. The van der Waals surface area contributed by atoms with Crippen molar-refractivity contribution in [1.82, 2.24) is 24.2 Å². The minimum atomic E-state index is 0.382. The molecule has 0 N–H and O–H groups in total. The molecule has 6 heteroatoms. The van der Waals surface area contributed by atoms with Crippen LogP contribution in [0.2, 0.25) is 0 Å². The highest BCUT2D eigenvalue weighted by atomic mass is 16.5. The summed E-state index contributed by atoms with van der Waals surface area (Å²) in [5.74, 6) is 0.791. The fraction of sp³-hybridized carbons (Fsp3) is 0.647. The maximum absolute atomic E-state index is 5.66. The Bertz CT molecular complexity index is 616. The van der Waals surface area contributed by atoms with E-state index < -0.39 is 0 Å². The van der Waals surface area contributed by atoms with E-state index in [9.17, 15) is 0 Å². The molecule has 4 rings (SSSR count). The van der Waals surface area contributed by atoms with E-state index in [0.29, 0.717) is 6.10 Å². The normalized spacial score (nSPS) is 25.2. The zero-order chi connectivity index (χ0) is 15.6. The van der Waals surface area contributed by atoms with Crippen molar-refractivity contribution in [3.05, 3.63) is 30.4 Å². The quantitative estimate of drug-likeness (QED) is 0.857. The minimum absolute atomic E-state index is 0.382. The van der Waals surface area contributed by atoms with Crippen LogP contribution in [-0.4, -0.2) is 69.1 Å². The summed E-state index contributed by atoms with van der Waals surface area (Å²) in [6, 6.07) is 2.66. The molecule has 6 nitrogen and oxygen atoms in total. The molecule has 2 aromatic rings. The minimum Gasteiger partial charge on any atom is -0.376 e. The molecule has 4 heterocycles. The highest BCUT2D eigenvalue weighted by Crippen LogP contribution is 2.20. The van der Waals surface area contributed by atoms with Gasteiger partial charge in [0.15, 0.2) is 0 Å². The number of hydrogen-bond acceptors (Lipinski definition) is 5. The molecule has 2 saturated heterocycles. The molecular weight excluding hydrogens is 290 g/mol. The van der Waals surface area contributed by atoms with Gasteiger partial charge in [0.2, 0.25) is 5.78 Å². The molecule has 2 aliphatic rings. The third kappa shape index (κ3) is 3.39. The molecule has 0 radical (unpaired) electrons. The van der Waals surface area contributed by atoms with E-state index >= 15 is 0 Å². The van der Waals surface area contributed by atoms with Crippen molar-refractivity contribution < 1.29 is 4.74 Å². The van der Waals surface area contributed by atoms with E-state index in [0.717, 1.165) is 56.8 Å². The molecule has 1 unspecified atom stereocenters. The molecule has 0 saturated carbocycles. The van der Waals surface area contributed by atoms with Gasteiger partial charge in [0.1, 0.15) is 0 Å². The topological polar surface area (TPSA) is 45.9 Å². The number of piperidine rings is 1. The van der Waals surface area contributed by atoms with Gasteiger partial charge >= 0.3 is 0 Å². The zero-order valence-electron chi connectivity index (χ0n) is 13.8. The Balaban J connectivity index is 1.32. The summed E-state index contributed by atoms with van der Waals surface area (Å²) in [4.78, 5) is 14.0. The summed E-state index contributed by atoms with van der Waals surface area (Å²) < 4.78 is 7.66. The number of rotatable bonds is 3. The van der Waals surface area contributed by atoms with Crippen LogP contribution in [0.5, 0.6) is 0 Å². The van der Waals surface area contributed by atoms with E-state index in [2.05, 4.69) is 32.9 Å². The highest BCUT2D eigenvalue weighted by molar-refractivity contribution is 5.29. The number of ether oxygens (including phenoxy) is 1. The van der Waals surface area contributed by atoms with Crippen LogP contribution in [0.4, 0.5) is 0 Å². The SMILES string of the molecule is CC1CN(C2CCN(Cc3cn4cccnc4n3)CC2)CCO1. The maximum atomic E-state index is 5.66. The molecule has 124 valence electrons. The zero-order valence-corrected chi connectivity index (χ0v) is 13.8. The van der Waals surface area contributed by atoms with Gasteiger partial charge in [-0.25, -0.2) is 9.97 Å². The van der Waals surface area contributed by atoms with Gasteiger partial charge in [-0.1, -0.05) is 0 Å². The molecule has 1 atom stereocenters. The van der Waals surface area contributed by atoms with Crippen molar-refractivity contribution in [3.8, 4) is 0 Å². The number of imidazole rings is 1. The Morgan fingerprint density at radius 2 is 2.13 bits per heavy atom. The lowest BCUT2D eigenvalue weighted by Gasteiger charge is -2.41. The summed E-state index contributed by atoms with van der Waals surface area (Å²) in [7, 11) is 0. The van der Waals surface area contributed by atoms with Crippen molar-refractivity contribution in [2.24, 2.45) is 0 Å². The first kappa shape index (κ1) is 15.1. The average Bonchev–Trinajstić information content (AvgIpc) is 2.98. The molecule has 0 amide bonds. The first-order valence-electron chi connectivity index (χ1n) is 8.64. The van der Waals surface area contributed by atoms with Crippen molar-refractivity contribution in [2.75, 3.05) is 32.8 Å². The van der Waals surface area contributed by atoms with Gasteiger partial charge in [-0.3, -0.25) is 14.2 Å². The molecule has 2 aromatic heterocycles. The van der Waals surface area contributed by atoms with Crippen LogP contribution >= 0.6 is 0 Å². The summed E-state index contributed by atoms with van der Waals surface area (Å²) >= 11 is 0. The Morgan fingerprint density at radius 1 is 1.26 bits per heavy atom. The van der Waals surface area contributed by atoms with E-state index in [1.54, 1.807) is 6.20 Å². The smallest absolute Gasteiger partial charge is 0.233 e. The van der Waals surface area contributed by atoms with E-state index in [-0.39, 0.29) is 0 Å². The molecule has 0 bridgehead atoms. The molecule has 0 spiro atoms. The van der Waals surface area contributed by atoms with E-state index in [4.69, 9.17) is 4.74 Å². The Morgan fingerprint density at radius 3 is 2.91 bits per heavy atom. The Kier molecular flexibility index (Phi) is 4.29. The molecule has 2 aliphatic heterocycles. The van der Waals surface area contributed by atoms with E-state index in [1.165, 1.54) is 12.8 Å². The van der Waals surface area contributed by atoms with Gasteiger partial charge in [-0.15, -0.1) is 0 Å². The first-order valence-corrected chi connectivity index (χ1v) is 8.64. The largest absolute Gasteiger partial charge is 0.376 e. The van der Waals surface area contributed by atoms with Gasteiger partial charge in [-0.05, 0) is 25.8 Å². The molecule has 0 aromatic carbocycles. The summed E-state index contributed by atoms with van der Waals surface area (Å²) in [5.41, 5.74) is 1.11. The first-order chi connectivity index (χ1) is 11.3. The van der Waals surface area contributed by atoms with Crippen LogP contribution in [0.3, 0.4) is 0 Å². The number of nitrogens with zero attached hydrogens (tertiary/aromatic N) is 5. The van der Waals surface area contributed by atoms with Crippen molar-refractivity contribution in [2.45, 2.75) is 38.5 Å². The molecule has 0 aliphatic carbocycles. The number of fused-ring (bicyclic) bond motifs is 1. The van der Waals surface area contributed by atoms with Crippen LogP contribution in [0.1, 0.15) is 25.5 Å². The number of morpholine rings is 1. The van der Waals surface area contributed by atoms with Crippen LogP contribution < -0.4 is 0 Å². The molecule has 23 heavy (non-hydrogen) atoms. The van der Waals surface area contributed by atoms with Gasteiger partial charge in [-0.2, -0.15) is 0 Å². The standard InChI is InChI=1S/C17H25N5O/c1-14-11-21(9-10-23-14)16-3-7-20(8-4-16)12-15-13-22-6-2-5-18-17(22)19-15/h2,5-6,13-14,16H,3-4,7-12H2,1H3. The number of hydrogen-bond donors (Lipinski definition) is 0. The summed E-state index contributed by atoms with van der Waals surface area (Å²) in [5, 5.41) is 0.